The zero-order valence-corrected chi connectivity index (χ0v) is 8.42. The molecule has 2 rings (SSSR count). The van der Waals surface area contributed by atoms with Gasteiger partial charge in [0, 0.05) is 6.61 Å². The highest BCUT2D eigenvalue weighted by Gasteiger charge is 2.24. The zero-order valence-electron chi connectivity index (χ0n) is 7.60. The van der Waals surface area contributed by atoms with Gasteiger partial charge in [0.05, 0.1) is 11.2 Å². The van der Waals surface area contributed by atoms with Gasteiger partial charge in [-0.2, -0.15) is 0 Å². The van der Waals surface area contributed by atoms with E-state index in [1.54, 1.807) is 5.51 Å². The topological polar surface area (TPSA) is 59.4 Å². The first-order chi connectivity index (χ1) is 6.79. The lowest BCUT2D eigenvalue weighted by Gasteiger charge is -2.21. The molecule has 1 unspecified atom stereocenters. The molecule has 2 heterocycles. The minimum absolute atomic E-state index is 0.110. The largest absolute Gasteiger partial charge is 0.477 e. The summed E-state index contributed by atoms with van der Waals surface area (Å²) < 4.78 is 5.49. The van der Waals surface area contributed by atoms with E-state index in [0.717, 1.165) is 30.6 Å². The highest BCUT2D eigenvalue weighted by atomic mass is 32.1. The first-order valence-electron chi connectivity index (χ1n) is 4.57. The van der Waals surface area contributed by atoms with Crippen LogP contribution in [0, 0.1) is 0 Å². The normalized spacial score (nSPS) is 22.1. The summed E-state index contributed by atoms with van der Waals surface area (Å²) in [7, 11) is 0. The molecule has 0 aromatic carbocycles. The zero-order chi connectivity index (χ0) is 9.97. The second-order valence-corrected chi connectivity index (χ2v) is 4.08. The fourth-order valence-corrected chi connectivity index (χ4v) is 2.28. The Morgan fingerprint density at radius 2 is 2.50 bits per heavy atom. The molecule has 1 fully saturated rings. The van der Waals surface area contributed by atoms with E-state index in [2.05, 4.69) is 4.98 Å². The third kappa shape index (κ3) is 1.78. The molecule has 0 saturated carbocycles. The van der Waals surface area contributed by atoms with Gasteiger partial charge in [0.2, 0.25) is 0 Å². The molecule has 0 spiro atoms. The van der Waals surface area contributed by atoms with Gasteiger partial charge in [0.15, 0.2) is 0 Å². The fraction of sp³-hybridized carbons (Fsp3) is 0.556. The molecule has 14 heavy (non-hydrogen) atoms. The Hall–Kier alpha value is -0.940. The molecular formula is C9H11NO3S. The van der Waals surface area contributed by atoms with E-state index >= 15 is 0 Å². The molecule has 1 N–H and O–H groups in total. The van der Waals surface area contributed by atoms with Crippen molar-refractivity contribution in [2.45, 2.75) is 25.4 Å². The van der Waals surface area contributed by atoms with Crippen molar-refractivity contribution in [2.75, 3.05) is 6.61 Å². The molecule has 76 valence electrons. The van der Waals surface area contributed by atoms with E-state index in [4.69, 9.17) is 9.84 Å². The Bertz CT molecular complexity index is 331. The summed E-state index contributed by atoms with van der Waals surface area (Å²) in [4.78, 5) is 15.2. The average molecular weight is 213 g/mol. The number of thiazole rings is 1. The number of nitrogens with zero attached hydrogens (tertiary/aromatic N) is 1. The predicted molar refractivity (Wildman–Crippen MR) is 51.6 cm³/mol. The van der Waals surface area contributed by atoms with Crippen LogP contribution in [0.1, 0.15) is 40.7 Å². The molecule has 1 aliphatic heterocycles. The maximum atomic E-state index is 10.8. The molecule has 5 heteroatoms. The van der Waals surface area contributed by atoms with E-state index < -0.39 is 5.97 Å². The molecule has 1 atom stereocenters. The van der Waals surface area contributed by atoms with Crippen molar-refractivity contribution in [3.8, 4) is 0 Å². The van der Waals surface area contributed by atoms with Crippen LogP contribution in [0.3, 0.4) is 0 Å². The number of ether oxygens (including phenoxy) is 1. The number of aromatic carboxylic acids is 1. The third-order valence-electron chi connectivity index (χ3n) is 2.27. The minimum Gasteiger partial charge on any atom is -0.477 e. The standard InChI is InChI=1S/C9H11NO3S/c11-9(12)8-7(10-5-14-8)6-3-1-2-4-13-6/h5-6H,1-4H2,(H,11,12). The van der Waals surface area contributed by atoms with Gasteiger partial charge in [0.1, 0.15) is 11.0 Å². The Labute approximate surface area is 85.5 Å². The van der Waals surface area contributed by atoms with E-state index in [-0.39, 0.29) is 6.10 Å². The second-order valence-electron chi connectivity index (χ2n) is 3.23. The summed E-state index contributed by atoms with van der Waals surface area (Å²) in [5, 5.41) is 8.90. The van der Waals surface area contributed by atoms with E-state index in [0.29, 0.717) is 17.2 Å². The van der Waals surface area contributed by atoms with Crippen molar-refractivity contribution in [3.63, 3.8) is 0 Å². The second kappa shape index (κ2) is 4.06. The lowest BCUT2D eigenvalue weighted by Crippen LogP contribution is -2.14. The van der Waals surface area contributed by atoms with Gasteiger partial charge in [-0.15, -0.1) is 11.3 Å². The Morgan fingerprint density at radius 1 is 1.64 bits per heavy atom. The van der Waals surface area contributed by atoms with Crippen LogP contribution in [0.25, 0.3) is 0 Å². The molecule has 0 amide bonds. The van der Waals surface area contributed by atoms with Gasteiger partial charge in [-0.1, -0.05) is 0 Å². The van der Waals surface area contributed by atoms with Gasteiger partial charge in [0.25, 0.3) is 0 Å². The van der Waals surface area contributed by atoms with Crippen LogP contribution in [0.15, 0.2) is 5.51 Å². The van der Waals surface area contributed by atoms with Gasteiger partial charge in [-0.25, -0.2) is 9.78 Å². The van der Waals surface area contributed by atoms with E-state index in [1.807, 2.05) is 0 Å². The van der Waals surface area contributed by atoms with Crippen LogP contribution >= 0.6 is 11.3 Å². The van der Waals surface area contributed by atoms with Crippen LogP contribution < -0.4 is 0 Å². The predicted octanol–water partition coefficient (Wildman–Crippen LogP) is 2.08. The van der Waals surface area contributed by atoms with Gasteiger partial charge in [-0.05, 0) is 19.3 Å². The molecule has 0 bridgehead atoms. The Morgan fingerprint density at radius 3 is 3.14 bits per heavy atom. The quantitative estimate of drug-likeness (QED) is 0.817. The number of hydrogen-bond acceptors (Lipinski definition) is 4. The van der Waals surface area contributed by atoms with E-state index in [1.165, 1.54) is 0 Å². The first-order valence-corrected chi connectivity index (χ1v) is 5.45. The highest BCUT2D eigenvalue weighted by Crippen LogP contribution is 2.30. The summed E-state index contributed by atoms with van der Waals surface area (Å²) in [6.07, 6.45) is 2.91. The molecule has 0 aliphatic carbocycles. The van der Waals surface area contributed by atoms with Crippen LogP contribution in [-0.4, -0.2) is 22.7 Å². The fourth-order valence-electron chi connectivity index (χ4n) is 1.60. The SMILES string of the molecule is O=C(O)c1scnc1C1CCCCO1. The number of carbonyl (C=O) groups is 1. The molecule has 1 saturated heterocycles. The van der Waals surface area contributed by atoms with E-state index in [9.17, 15) is 4.79 Å². The number of carboxylic acids is 1. The summed E-state index contributed by atoms with van der Waals surface area (Å²) in [5.74, 6) is -0.906. The van der Waals surface area contributed by atoms with Crippen molar-refractivity contribution in [1.29, 1.82) is 0 Å². The lowest BCUT2D eigenvalue weighted by molar-refractivity contribution is 0.0117. The minimum atomic E-state index is -0.906. The van der Waals surface area contributed by atoms with Crippen LogP contribution in [0.2, 0.25) is 0 Å². The summed E-state index contributed by atoms with van der Waals surface area (Å²) in [5.41, 5.74) is 2.17. The maximum absolute atomic E-state index is 10.8. The average Bonchev–Trinajstić information content (AvgIpc) is 2.67. The van der Waals surface area contributed by atoms with Crippen LogP contribution in [0.4, 0.5) is 0 Å². The first kappa shape index (κ1) is 9.61. The van der Waals surface area contributed by atoms with Crippen molar-refractivity contribution in [3.05, 3.63) is 16.1 Å². The molecule has 1 aliphatic rings. The summed E-state index contributed by atoms with van der Waals surface area (Å²) in [6, 6.07) is 0. The monoisotopic (exact) mass is 213 g/mol. The lowest BCUT2D eigenvalue weighted by atomic mass is 10.1. The number of carboxylic acid groups (broad SMARTS) is 1. The summed E-state index contributed by atoms with van der Waals surface area (Å²) in [6.45, 7) is 0.710. The van der Waals surface area contributed by atoms with Gasteiger partial charge in [-0.3, -0.25) is 0 Å². The molecule has 1 aromatic rings. The third-order valence-corrected chi connectivity index (χ3v) is 3.10. The van der Waals surface area contributed by atoms with Crippen LogP contribution in [0.5, 0.6) is 0 Å². The van der Waals surface area contributed by atoms with Crippen molar-refractivity contribution in [2.24, 2.45) is 0 Å². The van der Waals surface area contributed by atoms with Crippen molar-refractivity contribution >= 4 is 17.3 Å². The molecule has 1 aromatic heterocycles. The summed E-state index contributed by atoms with van der Waals surface area (Å²) >= 11 is 1.16. The number of aromatic nitrogens is 1. The van der Waals surface area contributed by atoms with Crippen molar-refractivity contribution in [1.82, 2.24) is 4.98 Å². The maximum Gasteiger partial charge on any atom is 0.347 e. The Balaban J connectivity index is 2.21. The number of hydrogen-bond donors (Lipinski definition) is 1. The van der Waals surface area contributed by atoms with Gasteiger partial charge >= 0.3 is 5.97 Å². The highest BCUT2D eigenvalue weighted by molar-refractivity contribution is 7.11. The molecular weight excluding hydrogens is 202 g/mol. The molecule has 0 radical (unpaired) electrons. The van der Waals surface area contributed by atoms with Gasteiger partial charge < -0.3 is 9.84 Å². The number of rotatable bonds is 2. The molecule has 4 nitrogen and oxygen atoms in total. The van der Waals surface area contributed by atoms with Crippen LogP contribution in [-0.2, 0) is 4.74 Å². The van der Waals surface area contributed by atoms with Crippen molar-refractivity contribution < 1.29 is 14.6 Å². The smallest absolute Gasteiger partial charge is 0.347 e. The Kier molecular flexibility index (Phi) is 2.79.